The van der Waals surface area contributed by atoms with Crippen molar-refractivity contribution in [2.24, 2.45) is 0 Å². The molecule has 6 fully saturated rings. The molecule has 51 heavy (non-hydrogen) atoms. The van der Waals surface area contributed by atoms with E-state index in [-0.39, 0.29) is 38.1 Å². The van der Waals surface area contributed by atoms with E-state index in [1.54, 1.807) is 72.8 Å². The van der Waals surface area contributed by atoms with Crippen molar-refractivity contribution in [1.29, 1.82) is 0 Å². The molecule has 3 aromatic rings. The molecule has 6 atom stereocenters. The lowest BCUT2D eigenvalue weighted by Gasteiger charge is -1.82. The fourth-order valence-electron chi connectivity index (χ4n) is 2.72. The highest BCUT2D eigenvalue weighted by molar-refractivity contribution is 5.19. The maximum Gasteiger partial charge on any atom is 0.115 e. The summed E-state index contributed by atoms with van der Waals surface area (Å²) >= 11 is 0. The van der Waals surface area contributed by atoms with Gasteiger partial charge in [0, 0.05) is 0 Å². The second-order valence-electron chi connectivity index (χ2n) is 11.5. The Morgan fingerprint density at radius 2 is 0.549 bits per heavy atom. The predicted molar refractivity (Wildman–Crippen MR) is 195 cm³/mol. The summed E-state index contributed by atoms with van der Waals surface area (Å²) in [5, 5.41) is 50.1. The fraction of sp³-hybridized carbons (Fsp3) is 0.538. The molecule has 0 aromatic heterocycles. The molecule has 6 heterocycles. The van der Waals surface area contributed by atoms with Gasteiger partial charge in [0.05, 0.1) is 77.8 Å². The third-order valence-corrected chi connectivity index (χ3v) is 6.66. The minimum Gasteiger partial charge on any atom is -0.508 e. The zero-order chi connectivity index (χ0) is 37.5. The quantitative estimate of drug-likeness (QED) is 0.193. The number of rotatable bonds is 6. The van der Waals surface area contributed by atoms with Crippen molar-refractivity contribution in [3.63, 3.8) is 0 Å². The largest absolute Gasteiger partial charge is 0.508 e. The Hall–Kier alpha value is -3.30. The van der Waals surface area contributed by atoms with Gasteiger partial charge >= 0.3 is 0 Å². The van der Waals surface area contributed by atoms with Gasteiger partial charge < -0.3 is 59.1 Å². The number of para-hydroxylation sites is 3. The summed E-state index contributed by atoms with van der Waals surface area (Å²) in [7, 11) is 0. The van der Waals surface area contributed by atoms with E-state index in [1.165, 1.54) is 19.3 Å². The summed E-state index contributed by atoms with van der Waals surface area (Å²) in [5.41, 5.74) is 0. The van der Waals surface area contributed by atoms with Crippen LogP contribution in [-0.4, -0.2) is 127 Å². The lowest BCUT2D eigenvalue weighted by molar-refractivity contribution is 0.244. The minimum atomic E-state index is 0.190. The molecule has 0 amide bonds. The van der Waals surface area contributed by atoms with Crippen LogP contribution < -0.4 is 0 Å². The number of hydrogen-bond acceptors (Lipinski definition) is 12. The molecule has 6 aliphatic heterocycles. The lowest BCUT2D eigenvalue weighted by atomic mass is 10.3. The Kier molecular flexibility index (Phi) is 27.2. The molecule has 9 rings (SSSR count). The summed E-state index contributed by atoms with van der Waals surface area (Å²) in [6.07, 6.45) is 6.06. The average Bonchev–Trinajstić information content (AvgIpc) is 3.99. The Bertz CT molecular complexity index is 952. The molecule has 0 aliphatic carbocycles. The van der Waals surface area contributed by atoms with Crippen molar-refractivity contribution in [2.75, 3.05) is 59.5 Å². The number of phenols is 3. The molecule has 0 bridgehead atoms. The first-order chi connectivity index (χ1) is 24.8. The summed E-state index contributed by atoms with van der Waals surface area (Å²) in [5.74, 6) is 0.965. The van der Waals surface area contributed by atoms with Crippen LogP contribution in [-0.2, 0) is 28.4 Å². The van der Waals surface area contributed by atoms with Crippen LogP contribution in [0, 0.1) is 0 Å². The van der Waals surface area contributed by atoms with Crippen LogP contribution in [0.25, 0.3) is 0 Å². The van der Waals surface area contributed by atoms with E-state index in [2.05, 4.69) is 35.0 Å². The summed E-state index contributed by atoms with van der Waals surface area (Å²) in [6, 6.07) is 26.1. The van der Waals surface area contributed by atoms with Crippen LogP contribution in [0.1, 0.15) is 40.0 Å². The summed E-state index contributed by atoms with van der Waals surface area (Å²) in [6.45, 7) is 12.3. The molecular formula is C39H60O12. The zero-order valence-corrected chi connectivity index (χ0v) is 30.2. The standard InChI is InChI=1S/3C6H6O.3C4H8O.3C3H6O2/c3*7-6-4-2-1-3-5-6;3*1-2-4-3-5-4;3*4-1-3-2-5-3/h3*1-5,7H;3*4H,2-3H2,1H3;3*3-4H,1-2H2. The van der Waals surface area contributed by atoms with E-state index in [4.69, 9.17) is 44.8 Å². The van der Waals surface area contributed by atoms with Gasteiger partial charge in [-0.15, -0.1) is 0 Å². The Labute approximate surface area is 303 Å². The highest BCUT2D eigenvalue weighted by Crippen LogP contribution is 2.12. The summed E-state index contributed by atoms with van der Waals surface area (Å²) < 4.78 is 28.4. The molecule has 6 saturated heterocycles. The fourth-order valence-corrected chi connectivity index (χ4v) is 2.72. The van der Waals surface area contributed by atoms with Crippen molar-refractivity contribution < 1.29 is 59.1 Å². The summed E-state index contributed by atoms with van der Waals surface area (Å²) in [4.78, 5) is 0. The molecular weight excluding hydrogens is 660 g/mol. The first kappa shape index (κ1) is 45.7. The number of ether oxygens (including phenoxy) is 6. The van der Waals surface area contributed by atoms with Crippen LogP contribution in [0.3, 0.4) is 0 Å². The third-order valence-electron chi connectivity index (χ3n) is 6.66. The number of phenolic OH excluding ortho intramolecular Hbond substituents is 3. The first-order valence-corrected chi connectivity index (χ1v) is 17.5. The van der Waals surface area contributed by atoms with Gasteiger partial charge in [0.25, 0.3) is 0 Å². The highest BCUT2D eigenvalue weighted by Gasteiger charge is 2.21. The van der Waals surface area contributed by atoms with Gasteiger partial charge in [-0.3, -0.25) is 0 Å². The van der Waals surface area contributed by atoms with Gasteiger partial charge in [0.1, 0.15) is 35.6 Å². The Balaban J connectivity index is 0.000000288. The maximum atomic E-state index is 8.63. The molecule has 12 nitrogen and oxygen atoms in total. The van der Waals surface area contributed by atoms with Gasteiger partial charge in [0.15, 0.2) is 0 Å². The van der Waals surface area contributed by atoms with Crippen molar-refractivity contribution in [3.8, 4) is 17.2 Å². The monoisotopic (exact) mass is 720 g/mol. The van der Waals surface area contributed by atoms with Crippen molar-refractivity contribution in [2.45, 2.75) is 76.7 Å². The number of hydrogen-bond donors (Lipinski definition) is 6. The number of aliphatic hydroxyl groups is 3. The Morgan fingerprint density at radius 1 is 0.373 bits per heavy atom. The predicted octanol–water partition coefficient (Wildman–Crippen LogP) is 4.69. The molecule has 6 N–H and O–H groups in total. The molecule has 3 aromatic carbocycles. The maximum absolute atomic E-state index is 8.63. The topological polar surface area (TPSA) is 197 Å². The number of aliphatic hydroxyl groups excluding tert-OH is 3. The molecule has 6 unspecified atom stereocenters. The molecule has 0 saturated carbocycles. The molecule has 288 valence electrons. The van der Waals surface area contributed by atoms with Crippen LogP contribution in [0.5, 0.6) is 17.2 Å². The smallest absolute Gasteiger partial charge is 0.115 e. The van der Waals surface area contributed by atoms with Gasteiger partial charge in [-0.1, -0.05) is 75.4 Å². The second kappa shape index (κ2) is 30.3. The number of epoxide rings is 6. The van der Waals surface area contributed by atoms with E-state index in [1.807, 2.05) is 18.2 Å². The van der Waals surface area contributed by atoms with Gasteiger partial charge in [-0.2, -0.15) is 0 Å². The van der Waals surface area contributed by atoms with E-state index >= 15 is 0 Å². The SMILES string of the molecule is CCC1CO1.CCC1CO1.CCC1CO1.OCC1CO1.OCC1CO1.OCC1CO1.Oc1ccccc1.Oc1ccccc1.Oc1ccccc1. The Morgan fingerprint density at radius 3 is 0.588 bits per heavy atom. The van der Waals surface area contributed by atoms with E-state index in [0.29, 0.717) is 35.6 Å². The van der Waals surface area contributed by atoms with Crippen LogP contribution in [0.4, 0.5) is 0 Å². The van der Waals surface area contributed by atoms with Crippen molar-refractivity contribution >= 4 is 0 Å². The molecule has 0 radical (unpaired) electrons. The highest BCUT2D eigenvalue weighted by atomic mass is 16.6. The zero-order valence-electron chi connectivity index (χ0n) is 30.2. The van der Waals surface area contributed by atoms with E-state index in [9.17, 15) is 0 Å². The van der Waals surface area contributed by atoms with Gasteiger partial charge in [-0.05, 0) is 55.7 Å². The number of benzene rings is 3. The van der Waals surface area contributed by atoms with E-state index < -0.39 is 0 Å². The van der Waals surface area contributed by atoms with Crippen molar-refractivity contribution in [1.82, 2.24) is 0 Å². The normalized spacial score (nSPS) is 23.6. The van der Waals surface area contributed by atoms with Gasteiger partial charge in [-0.25, -0.2) is 0 Å². The molecule has 12 heteroatoms. The van der Waals surface area contributed by atoms with E-state index in [0.717, 1.165) is 39.6 Å². The van der Waals surface area contributed by atoms with Crippen LogP contribution in [0.2, 0.25) is 0 Å². The second-order valence-corrected chi connectivity index (χ2v) is 11.5. The minimum absolute atomic E-state index is 0.190. The van der Waals surface area contributed by atoms with Crippen molar-refractivity contribution in [3.05, 3.63) is 91.0 Å². The van der Waals surface area contributed by atoms with Crippen LogP contribution in [0.15, 0.2) is 91.0 Å². The van der Waals surface area contributed by atoms with Gasteiger partial charge in [0.2, 0.25) is 0 Å². The van der Waals surface area contributed by atoms with Crippen LogP contribution >= 0.6 is 0 Å². The molecule has 0 spiro atoms. The number of aromatic hydroxyl groups is 3. The third kappa shape index (κ3) is 36.3. The first-order valence-electron chi connectivity index (χ1n) is 17.5. The lowest BCUT2D eigenvalue weighted by Crippen LogP contribution is -1.88. The average molecular weight is 721 g/mol. The molecule has 6 aliphatic rings.